The van der Waals surface area contributed by atoms with Gasteiger partial charge in [0, 0.05) is 31.1 Å². The lowest BCUT2D eigenvalue weighted by molar-refractivity contribution is -0.256. The molecule has 56 heavy (non-hydrogen) atoms. The fourth-order valence-electron chi connectivity index (χ4n) is 9.16. The Morgan fingerprint density at radius 3 is 2.48 bits per heavy atom. The first kappa shape index (κ1) is 41.0. The van der Waals surface area contributed by atoms with E-state index in [2.05, 4.69) is 49.6 Å². The van der Waals surface area contributed by atoms with Gasteiger partial charge >= 0.3 is 6.09 Å². The average molecular weight is 767 g/mol. The van der Waals surface area contributed by atoms with E-state index in [4.69, 9.17) is 28.9 Å². The number of carbonyl (C=O) groups is 1. The molecule has 2 N–H and O–H groups in total. The molecule has 1 fully saturated rings. The molecule has 300 valence electrons. The maximum absolute atomic E-state index is 14.5. The molecule has 10 nitrogen and oxygen atoms in total. The number of hydrogen-bond acceptors (Lipinski definition) is 9. The first-order chi connectivity index (χ1) is 27.4. The highest BCUT2D eigenvalue weighted by Crippen LogP contribution is 2.62. The topological polar surface area (TPSA) is 119 Å². The van der Waals surface area contributed by atoms with Crippen LogP contribution in [0.1, 0.15) is 75.8 Å². The van der Waals surface area contributed by atoms with Gasteiger partial charge in [-0.1, -0.05) is 85.3 Å². The minimum absolute atomic E-state index is 0.0965. The average Bonchev–Trinajstić information content (AvgIpc) is 3.22. The Labute approximate surface area is 331 Å². The molecule has 1 aliphatic heterocycles. The molecule has 0 spiro atoms. The summed E-state index contributed by atoms with van der Waals surface area (Å²) in [5, 5.41) is 26.6. The Hall–Kier alpha value is -4.64. The summed E-state index contributed by atoms with van der Waals surface area (Å²) in [5.41, 5.74) is 3.68. The molecule has 3 aliphatic rings. The van der Waals surface area contributed by atoms with Gasteiger partial charge in [0.05, 0.1) is 31.4 Å². The van der Waals surface area contributed by atoms with Crippen LogP contribution in [-0.4, -0.2) is 78.4 Å². The molecule has 3 aromatic carbocycles. The normalized spacial score (nSPS) is 24.3. The third-order valence-electron chi connectivity index (χ3n) is 11.4. The SMILES string of the molecule is C=CCOc1ccc2c(c1)C1C(CCCCO)C(CCCCO)C=C3C(=NOCC)CC(N(Cc4cccc5ccccc45)C(=O)OCC)C(OCC=C)(O2)C31. The lowest BCUT2D eigenvalue weighted by atomic mass is 9.55. The van der Waals surface area contributed by atoms with Crippen LogP contribution in [0, 0.1) is 17.8 Å². The van der Waals surface area contributed by atoms with Gasteiger partial charge in [-0.15, -0.1) is 6.58 Å². The van der Waals surface area contributed by atoms with Crippen LogP contribution in [-0.2, 0) is 20.9 Å². The molecule has 0 radical (unpaired) electrons. The van der Waals surface area contributed by atoms with Crippen LogP contribution in [0.5, 0.6) is 11.5 Å². The van der Waals surface area contributed by atoms with Gasteiger partial charge in [-0.05, 0) is 91.5 Å². The van der Waals surface area contributed by atoms with Crippen molar-refractivity contribution in [2.24, 2.45) is 22.9 Å². The monoisotopic (exact) mass is 766 g/mol. The minimum Gasteiger partial charge on any atom is -0.490 e. The second kappa shape index (κ2) is 19.5. The van der Waals surface area contributed by atoms with Crippen LogP contribution >= 0.6 is 0 Å². The number of carbonyl (C=O) groups excluding carboxylic acids is 1. The van der Waals surface area contributed by atoms with Crippen LogP contribution < -0.4 is 9.47 Å². The molecule has 1 saturated carbocycles. The van der Waals surface area contributed by atoms with E-state index in [0.29, 0.717) is 37.6 Å². The summed E-state index contributed by atoms with van der Waals surface area (Å²) in [4.78, 5) is 22.1. The van der Waals surface area contributed by atoms with Gasteiger partial charge in [0.1, 0.15) is 30.8 Å². The number of ether oxygens (including phenoxy) is 4. The van der Waals surface area contributed by atoms with Crippen LogP contribution in [0.3, 0.4) is 0 Å². The lowest BCUT2D eigenvalue weighted by Gasteiger charge is -2.59. The van der Waals surface area contributed by atoms with Crippen molar-refractivity contribution < 1.29 is 38.8 Å². The molecule has 0 saturated heterocycles. The van der Waals surface area contributed by atoms with Crippen LogP contribution in [0.4, 0.5) is 4.79 Å². The highest BCUT2D eigenvalue weighted by molar-refractivity contribution is 6.03. The largest absolute Gasteiger partial charge is 0.490 e. The van der Waals surface area contributed by atoms with Crippen molar-refractivity contribution in [3.8, 4) is 11.5 Å². The molecule has 0 aromatic heterocycles. The van der Waals surface area contributed by atoms with Crippen molar-refractivity contribution in [2.45, 2.75) is 83.1 Å². The zero-order valence-electron chi connectivity index (χ0n) is 32.9. The van der Waals surface area contributed by atoms with Gasteiger partial charge in [0.15, 0.2) is 0 Å². The van der Waals surface area contributed by atoms with E-state index in [1.807, 2.05) is 44.2 Å². The molecule has 1 amide bonds. The van der Waals surface area contributed by atoms with Gasteiger partial charge in [-0.2, -0.15) is 0 Å². The number of aliphatic hydroxyl groups excluding tert-OH is 2. The molecule has 3 aromatic rings. The first-order valence-corrected chi connectivity index (χ1v) is 20.3. The maximum Gasteiger partial charge on any atom is 0.410 e. The predicted octanol–water partition coefficient (Wildman–Crippen LogP) is 8.72. The fraction of sp³-hybridized carbons (Fsp3) is 0.478. The third-order valence-corrected chi connectivity index (χ3v) is 11.4. The summed E-state index contributed by atoms with van der Waals surface area (Å²) in [7, 11) is 0. The first-order valence-electron chi connectivity index (χ1n) is 20.3. The predicted molar refractivity (Wildman–Crippen MR) is 219 cm³/mol. The Bertz CT molecular complexity index is 1870. The highest BCUT2D eigenvalue weighted by atomic mass is 16.7. The number of oxime groups is 1. The molecule has 6 atom stereocenters. The molecule has 2 aliphatic carbocycles. The standard InChI is InChI=1S/C46H58N2O8/c1-5-26-53-35-22-23-41-39(29-35)43-37(21-12-14-25-50)33(17-11-13-24-49)28-38-40(47-55-8-4)30-42(46(56-41,44(38)43)54-27-6-2)48(45(51)52-7-3)31-34-19-15-18-32-16-9-10-20-36(32)34/h5-6,9-10,15-16,18-20,22-23,28-29,33,37,42-44,49-50H,1-2,7-8,11-14,17,21,24-27,30-31H2,3-4H3. The molecule has 10 heteroatoms. The van der Waals surface area contributed by atoms with Crippen LogP contribution in [0.15, 0.2) is 103 Å². The zero-order valence-corrected chi connectivity index (χ0v) is 32.9. The summed E-state index contributed by atoms with van der Waals surface area (Å²) in [5.74, 6) is -0.405. The summed E-state index contributed by atoms with van der Waals surface area (Å²) < 4.78 is 26.4. The molecular weight excluding hydrogens is 709 g/mol. The van der Waals surface area contributed by atoms with Gasteiger partial charge in [-0.3, -0.25) is 4.90 Å². The molecule has 0 bridgehead atoms. The van der Waals surface area contributed by atoms with Crippen molar-refractivity contribution in [1.29, 1.82) is 0 Å². The number of fused-ring (bicyclic) bond motifs is 3. The Morgan fingerprint density at radius 1 is 0.964 bits per heavy atom. The van der Waals surface area contributed by atoms with Crippen molar-refractivity contribution in [3.05, 3.63) is 109 Å². The second-order valence-electron chi connectivity index (χ2n) is 14.8. The minimum atomic E-state index is -1.39. The lowest BCUT2D eigenvalue weighted by Crippen LogP contribution is -2.70. The van der Waals surface area contributed by atoms with E-state index in [9.17, 15) is 15.0 Å². The number of amides is 1. The number of hydrogen-bond donors (Lipinski definition) is 2. The number of aliphatic hydroxyl groups is 2. The van der Waals surface area contributed by atoms with E-state index < -0.39 is 23.8 Å². The van der Waals surface area contributed by atoms with Crippen molar-refractivity contribution in [1.82, 2.24) is 4.90 Å². The number of nitrogens with zero attached hydrogens (tertiary/aromatic N) is 2. The third kappa shape index (κ3) is 8.53. The van der Waals surface area contributed by atoms with E-state index in [-0.39, 0.29) is 57.1 Å². The Balaban J connectivity index is 1.61. The van der Waals surface area contributed by atoms with Gasteiger partial charge in [-0.25, -0.2) is 4.79 Å². The Morgan fingerprint density at radius 2 is 1.73 bits per heavy atom. The van der Waals surface area contributed by atoms with Crippen molar-refractivity contribution >= 4 is 22.6 Å². The highest BCUT2D eigenvalue weighted by Gasteiger charge is 2.65. The van der Waals surface area contributed by atoms with E-state index in [1.165, 1.54) is 0 Å². The van der Waals surface area contributed by atoms with Gasteiger partial charge in [0.2, 0.25) is 5.79 Å². The summed E-state index contributed by atoms with van der Waals surface area (Å²) in [6.45, 7) is 13.2. The van der Waals surface area contributed by atoms with Crippen molar-refractivity contribution in [2.75, 3.05) is 39.6 Å². The number of unbranched alkanes of at least 4 members (excludes halogenated alkanes) is 2. The van der Waals surface area contributed by atoms with Crippen LogP contribution in [0.2, 0.25) is 0 Å². The summed E-state index contributed by atoms with van der Waals surface area (Å²) >= 11 is 0. The van der Waals surface area contributed by atoms with Gasteiger partial charge < -0.3 is 34.0 Å². The van der Waals surface area contributed by atoms with E-state index >= 15 is 0 Å². The van der Waals surface area contributed by atoms with Gasteiger partial charge in [0.25, 0.3) is 0 Å². The quantitative estimate of drug-likeness (QED) is 0.0666. The Kier molecular flexibility index (Phi) is 14.3. The molecule has 6 rings (SSSR count). The summed E-state index contributed by atoms with van der Waals surface area (Å²) in [6.07, 6.45) is 10.3. The maximum atomic E-state index is 14.5. The fourth-order valence-corrected chi connectivity index (χ4v) is 9.16. The molecule has 1 heterocycles. The van der Waals surface area contributed by atoms with Crippen LogP contribution in [0.25, 0.3) is 10.8 Å². The number of allylic oxidation sites excluding steroid dienone is 1. The van der Waals surface area contributed by atoms with E-state index in [1.54, 1.807) is 17.1 Å². The smallest absolute Gasteiger partial charge is 0.410 e. The number of rotatable bonds is 20. The molecular formula is C46H58N2O8. The van der Waals surface area contributed by atoms with E-state index in [0.717, 1.165) is 58.9 Å². The number of benzene rings is 3. The second-order valence-corrected chi connectivity index (χ2v) is 14.8. The zero-order chi connectivity index (χ0) is 39.5. The molecule has 6 unspecified atom stereocenters. The summed E-state index contributed by atoms with van der Waals surface area (Å²) in [6, 6.07) is 19.5. The van der Waals surface area contributed by atoms with Crippen molar-refractivity contribution in [3.63, 3.8) is 0 Å².